The van der Waals surface area contributed by atoms with E-state index in [1.807, 2.05) is 9.80 Å². The number of nitrogens with one attached hydrogen (secondary N) is 1. The van der Waals surface area contributed by atoms with Crippen molar-refractivity contribution in [3.63, 3.8) is 0 Å². The molecule has 5 heteroatoms. The van der Waals surface area contributed by atoms with Gasteiger partial charge in [-0.1, -0.05) is 0 Å². The summed E-state index contributed by atoms with van der Waals surface area (Å²) in [6.07, 6.45) is 3.61. The van der Waals surface area contributed by atoms with Gasteiger partial charge in [0.15, 0.2) is 0 Å². The molecule has 0 aromatic rings. The summed E-state index contributed by atoms with van der Waals surface area (Å²) in [6.45, 7) is 4.65. The van der Waals surface area contributed by atoms with Gasteiger partial charge in [0.05, 0.1) is 13.2 Å². The van der Waals surface area contributed by atoms with Crippen molar-refractivity contribution in [1.82, 2.24) is 15.1 Å². The van der Waals surface area contributed by atoms with E-state index in [4.69, 9.17) is 4.74 Å². The molecule has 3 saturated heterocycles. The van der Waals surface area contributed by atoms with Crippen LogP contribution in [0.5, 0.6) is 0 Å². The van der Waals surface area contributed by atoms with Gasteiger partial charge in [-0.05, 0) is 19.3 Å². The Labute approximate surface area is 102 Å². The second kappa shape index (κ2) is 4.82. The summed E-state index contributed by atoms with van der Waals surface area (Å²) < 4.78 is 5.29. The van der Waals surface area contributed by atoms with Gasteiger partial charge in [0.2, 0.25) is 0 Å². The molecule has 3 rings (SSSR count). The fraction of sp³-hybridized carbons (Fsp3) is 0.917. The molecule has 2 unspecified atom stereocenters. The molecule has 5 nitrogen and oxygen atoms in total. The summed E-state index contributed by atoms with van der Waals surface area (Å²) in [7, 11) is 0. The lowest BCUT2D eigenvalue weighted by atomic mass is 10.1. The van der Waals surface area contributed by atoms with Crippen LogP contribution in [-0.4, -0.2) is 67.3 Å². The molecular weight excluding hydrogens is 218 g/mol. The van der Waals surface area contributed by atoms with E-state index < -0.39 is 0 Å². The van der Waals surface area contributed by atoms with Crippen LogP contribution in [0.15, 0.2) is 0 Å². The number of hydrogen-bond acceptors (Lipinski definition) is 3. The minimum Gasteiger partial charge on any atom is -0.378 e. The lowest BCUT2D eigenvalue weighted by Crippen LogP contribution is -2.50. The minimum atomic E-state index is 0.211. The molecule has 0 spiro atoms. The lowest BCUT2D eigenvalue weighted by molar-refractivity contribution is 0.0429. The van der Waals surface area contributed by atoms with Crippen molar-refractivity contribution in [3.05, 3.63) is 0 Å². The molecule has 2 bridgehead atoms. The highest BCUT2D eigenvalue weighted by Gasteiger charge is 2.32. The highest BCUT2D eigenvalue weighted by molar-refractivity contribution is 5.74. The molecule has 0 radical (unpaired) electrons. The Morgan fingerprint density at radius 2 is 1.76 bits per heavy atom. The van der Waals surface area contributed by atoms with E-state index in [0.29, 0.717) is 25.3 Å². The molecule has 0 aliphatic carbocycles. The Hall–Kier alpha value is -0.810. The second-order valence-corrected chi connectivity index (χ2v) is 5.25. The van der Waals surface area contributed by atoms with E-state index in [2.05, 4.69) is 5.32 Å². The van der Waals surface area contributed by atoms with Crippen molar-refractivity contribution in [1.29, 1.82) is 0 Å². The van der Waals surface area contributed by atoms with Crippen LogP contribution in [-0.2, 0) is 4.74 Å². The van der Waals surface area contributed by atoms with Gasteiger partial charge in [-0.25, -0.2) is 4.79 Å². The summed E-state index contributed by atoms with van der Waals surface area (Å²) in [5, 5.41) is 3.60. The number of rotatable bonds is 0. The van der Waals surface area contributed by atoms with Crippen molar-refractivity contribution in [2.45, 2.75) is 31.3 Å². The molecule has 1 N–H and O–H groups in total. The van der Waals surface area contributed by atoms with Gasteiger partial charge >= 0.3 is 6.03 Å². The van der Waals surface area contributed by atoms with Crippen molar-refractivity contribution in [2.24, 2.45) is 0 Å². The maximum atomic E-state index is 12.4. The number of urea groups is 1. The number of hydrogen-bond donors (Lipinski definition) is 1. The largest absolute Gasteiger partial charge is 0.378 e. The van der Waals surface area contributed by atoms with Crippen LogP contribution >= 0.6 is 0 Å². The van der Waals surface area contributed by atoms with E-state index in [1.165, 1.54) is 12.8 Å². The van der Waals surface area contributed by atoms with Gasteiger partial charge in [0.1, 0.15) is 0 Å². The zero-order chi connectivity index (χ0) is 11.7. The third kappa shape index (κ3) is 2.40. The Kier molecular flexibility index (Phi) is 3.20. The highest BCUT2D eigenvalue weighted by atomic mass is 16.5. The first-order valence-electron chi connectivity index (χ1n) is 6.70. The SMILES string of the molecule is O=C(N1CCOCC1)N1CCC2CCC(C1)N2. The predicted octanol–water partition coefficient (Wildman–Crippen LogP) is 0.265. The molecule has 3 aliphatic rings. The first-order valence-corrected chi connectivity index (χ1v) is 6.70. The topological polar surface area (TPSA) is 44.8 Å². The zero-order valence-corrected chi connectivity index (χ0v) is 10.2. The lowest BCUT2D eigenvalue weighted by Gasteiger charge is -2.33. The Balaban J connectivity index is 1.61. The maximum absolute atomic E-state index is 12.4. The van der Waals surface area contributed by atoms with E-state index >= 15 is 0 Å². The van der Waals surface area contributed by atoms with Crippen molar-refractivity contribution in [2.75, 3.05) is 39.4 Å². The number of ether oxygens (including phenoxy) is 1. The molecule has 0 aromatic carbocycles. The predicted molar refractivity (Wildman–Crippen MR) is 63.9 cm³/mol. The molecular formula is C12H21N3O2. The van der Waals surface area contributed by atoms with Crippen LogP contribution in [0.25, 0.3) is 0 Å². The summed E-state index contributed by atoms with van der Waals surface area (Å²) in [5.41, 5.74) is 0. The molecule has 3 fully saturated rings. The zero-order valence-electron chi connectivity index (χ0n) is 10.2. The van der Waals surface area contributed by atoms with Crippen LogP contribution in [0, 0.1) is 0 Å². The van der Waals surface area contributed by atoms with E-state index in [-0.39, 0.29) is 6.03 Å². The number of carbonyl (C=O) groups is 1. The molecule has 3 aliphatic heterocycles. The second-order valence-electron chi connectivity index (χ2n) is 5.25. The van der Waals surface area contributed by atoms with Crippen LogP contribution in [0.2, 0.25) is 0 Å². The minimum absolute atomic E-state index is 0.211. The van der Waals surface area contributed by atoms with Crippen molar-refractivity contribution in [3.8, 4) is 0 Å². The fourth-order valence-corrected chi connectivity index (χ4v) is 3.07. The molecule has 2 amide bonds. The number of morpholine rings is 1. The van der Waals surface area contributed by atoms with Crippen LogP contribution in [0.3, 0.4) is 0 Å². The van der Waals surface area contributed by atoms with Crippen molar-refractivity contribution < 1.29 is 9.53 Å². The van der Waals surface area contributed by atoms with Gasteiger partial charge < -0.3 is 19.9 Å². The number of nitrogens with zero attached hydrogens (tertiary/aromatic N) is 2. The Bertz CT molecular complexity index is 291. The van der Waals surface area contributed by atoms with E-state index in [1.54, 1.807) is 0 Å². The summed E-state index contributed by atoms with van der Waals surface area (Å²) in [5.74, 6) is 0. The Morgan fingerprint density at radius 3 is 2.59 bits per heavy atom. The van der Waals surface area contributed by atoms with E-state index in [9.17, 15) is 4.79 Å². The number of carbonyl (C=O) groups excluding carboxylic acids is 1. The van der Waals surface area contributed by atoms with Crippen molar-refractivity contribution >= 4 is 6.03 Å². The monoisotopic (exact) mass is 239 g/mol. The Morgan fingerprint density at radius 1 is 1.00 bits per heavy atom. The molecule has 17 heavy (non-hydrogen) atoms. The van der Waals surface area contributed by atoms with Gasteiger partial charge in [-0.2, -0.15) is 0 Å². The summed E-state index contributed by atoms with van der Waals surface area (Å²) >= 11 is 0. The fourth-order valence-electron chi connectivity index (χ4n) is 3.07. The molecule has 0 aromatic heterocycles. The average molecular weight is 239 g/mol. The molecule has 2 atom stereocenters. The highest BCUT2D eigenvalue weighted by Crippen LogP contribution is 2.21. The first kappa shape index (κ1) is 11.3. The van der Waals surface area contributed by atoms with Gasteiger partial charge in [-0.15, -0.1) is 0 Å². The summed E-state index contributed by atoms with van der Waals surface area (Å²) in [6, 6.07) is 1.37. The van der Waals surface area contributed by atoms with E-state index in [0.717, 1.165) is 32.6 Å². The third-order valence-corrected chi connectivity index (χ3v) is 4.08. The smallest absolute Gasteiger partial charge is 0.320 e. The standard InChI is InChI=1S/C12H21N3O2/c16-12(14-5-7-17-8-6-14)15-4-3-10-1-2-11(9-15)13-10/h10-11,13H,1-9H2. The normalized spacial score (nSPS) is 33.6. The number of fused-ring (bicyclic) bond motifs is 2. The maximum Gasteiger partial charge on any atom is 0.320 e. The molecule has 0 saturated carbocycles. The van der Waals surface area contributed by atoms with Crippen LogP contribution < -0.4 is 5.32 Å². The van der Waals surface area contributed by atoms with Gasteiger partial charge in [0, 0.05) is 38.3 Å². The van der Waals surface area contributed by atoms with Gasteiger partial charge in [-0.3, -0.25) is 0 Å². The molecule has 3 heterocycles. The average Bonchev–Trinajstić information content (AvgIpc) is 2.69. The number of likely N-dealkylation sites (tertiary alicyclic amines) is 1. The molecule has 96 valence electrons. The quantitative estimate of drug-likeness (QED) is 0.660. The van der Waals surface area contributed by atoms with Crippen LogP contribution in [0.1, 0.15) is 19.3 Å². The first-order chi connectivity index (χ1) is 8.33. The van der Waals surface area contributed by atoms with Crippen LogP contribution in [0.4, 0.5) is 4.79 Å². The summed E-state index contributed by atoms with van der Waals surface area (Å²) in [4.78, 5) is 16.3. The number of amides is 2. The van der Waals surface area contributed by atoms with Gasteiger partial charge in [0.25, 0.3) is 0 Å². The third-order valence-electron chi connectivity index (χ3n) is 4.08.